The van der Waals surface area contributed by atoms with Gasteiger partial charge < -0.3 is 14.7 Å². The van der Waals surface area contributed by atoms with Crippen molar-refractivity contribution in [1.29, 1.82) is 0 Å². The van der Waals surface area contributed by atoms with E-state index in [0.29, 0.717) is 37.8 Å². The summed E-state index contributed by atoms with van der Waals surface area (Å²) in [5.74, 6) is 0.587. The van der Waals surface area contributed by atoms with Gasteiger partial charge in [0.05, 0.1) is 0 Å². The van der Waals surface area contributed by atoms with Gasteiger partial charge in [0, 0.05) is 75.1 Å². The van der Waals surface area contributed by atoms with Crippen molar-refractivity contribution < 1.29 is 9.59 Å². The first-order chi connectivity index (χ1) is 17.6. The molecular weight excluding hydrogens is 450 g/mol. The summed E-state index contributed by atoms with van der Waals surface area (Å²) in [5.41, 5.74) is 5.04. The van der Waals surface area contributed by atoms with E-state index in [1.54, 1.807) is 0 Å². The number of piperazine rings is 1. The number of fused-ring (bicyclic) bond motifs is 1. The highest BCUT2D eigenvalue weighted by atomic mass is 16.2. The van der Waals surface area contributed by atoms with Crippen LogP contribution in [0.3, 0.4) is 0 Å². The highest BCUT2D eigenvalue weighted by Crippen LogP contribution is 2.48. The zero-order valence-electron chi connectivity index (χ0n) is 20.8. The Morgan fingerprint density at radius 3 is 2.28 bits per heavy atom. The number of benzene rings is 2. The Labute approximate surface area is 212 Å². The summed E-state index contributed by atoms with van der Waals surface area (Å²) in [6.07, 6.45) is 1.66. The minimum atomic E-state index is -0.00551. The van der Waals surface area contributed by atoms with Crippen LogP contribution in [0.25, 0.3) is 0 Å². The maximum absolute atomic E-state index is 13.6. The molecule has 3 aromatic rings. The van der Waals surface area contributed by atoms with Crippen LogP contribution in [0.2, 0.25) is 0 Å². The smallest absolute Gasteiger partial charge is 0.274 e. The van der Waals surface area contributed by atoms with E-state index >= 15 is 0 Å². The molecule has 1 saturated carbocycles. The molecule has 2 aliphatic heterocycles. The number of para-hydroxylation sites is 1. The van der Waals surface area contributed by atoms with Gasteiger partial charge in [0.2, 0.25) is 5.91 Å². The van der Waals surface area contributed by atoms with Gasteiger partial charge in [0.15, 0.2) is 5.69 Å². The van der Waals surface area contributed by atoms with Gasteiger partial charge in [0.1, 0.15) is 0 Å². The normalized spacial score (nSPS) is 21.3. The summed E-state index contributed by atoms with van der Waals surface area (Å²) in [7, 11) is 0. The summed E-state index contributed by atoms with van der Waals surface area (Å²) < 4.78 is 1.97. The first-order valence-corrected chi connectivity index (χ1v) is 13.2. The molecular formula is C29H33N5O2. The van der Waals surface area contributed by atoms with Crippen LogP contribution in [-0.2, 0) is 24.3 Å². The molecule has 2 aromatic carbocycles. The van der Waals surface area contributed by atoms with Crippen molar-refractivity contribution in [2.24, 2.45) is 5.92 Å². The fourth-order valence-corrected chi connectivity index (χ4v) is 5.84. The Balaban J connectivity index is 1.16. The predicted molar refractivity (Wildman–Crippen MR) is 139 cm³/mol. The average Bonchev–Trinajstić information content (AvgIpc) is 3.67. The minimum Gasteiger partial charge on any atom is -0.368 e. The lowest BCUT2D eigenvalue weighted by Gasteiger charge is -2.36. The number of rotatable bonds is 5. The van der Waals surface area contributed by atoms with Crippen molar-refractivity contribution in [3.8, 4) is 0 Å². The summed E-state index contributed by atoms with van der Waals surface area (Å²) in [4.78, 5) is 33.2. The molecule has 0 N–H and O–H groups in total. The van der Waals surface area contributed by atoms with Gasteiger partial charge in [-0.25, -0.2) is 0 Å². The molecule has 2 atom stereocenters. The number of carbonyl (C=O) groups is 2. The van der Waals surface area contributed by atoms with Crippen LogP contribution in [-0.4, -0.2) is 64.1 Å². The summed E-state index contributed by atoms with van der Waals surface area (Å²) >= 11 is 0. The Morgan fingerprint density at radius 1 is 0.889 bits per heavy atom. The fourth-order valence-electron chi connectivity index (χ4n) is 5.84. The van der Waals surface area contributed by atoms with Gasteiger partial charge >= 0.3 is 0 Å². The van der Waals surface area contributed by atoms with Crippen molar-refractivity contribution >= 4 is 17.5 Å². The van der Waals surface area contributed by atoms with E-state index in [1.165, 1.54) is 11.3 Å². The summed E-state index contributed by atoms with van der Waals surface area (Å²) in [5, 5.41) is 4.75. The number of anilines is 1. The van der Waals surface area contributed by atoms with Crippen molar-refractivity contribution in [3.63, 3.8) is 0 Å². The Kier molecular flexibility index (Phi) is 5.99. The average molecular weight is 484 g/mol. The van der Waals surface area contributed by atoms with Gasteiger partial charge in [-0.05, 0) is 37.0 Å². The number of nitrogens with zero attached hydrogens (tertiary/aromatic N) is 5. The van der Waals surface area contributed by atoms with Gasteiger partial charge in [-0.2, -0.15) is 5.10 Å². The van der Waals surface area contributed by atoms with Crippen LogP contribution in [0.5, 0.6) is 0 Å². The molecule has 0 unspecified atom stereocenters. The minimum absolute atomic E-state index is 0.00551. The van der Waals surface area contributed by atoms with Gasteiger partial charge in [-0.3, -0.25) is 14.3 Å². The summed E-state index contributed by atoms with van der Waals surface area (Å²) in [6.45, 7) is 6.92. The van der Waals surface area contributed by atoms with Crippen LogP contribution in [0.15, 0.2) is 60.7 Å². The molecule has 6 rings (SSSR count). The second kappa shape index (κ2) is 9.45. The monoisotopic (exact) mass is 483 g/mol. The van der Waals surface area contributed by atoms with Crippen molar-refractivity contribution in [2.45, 2.75) is 38.8 Å². The number of amides is 2. The predicted octanol–water partition coefficient (Wildman–Crippen LogP) is 3.55. The van der Waals surface area contributed by atoms with E-state index in [0.717, 1.165) is 43.7 Å². The van der Waals surface area contributed by atoms with Crippen molar-refractivity contribution in [3.05, 3.63) is 83.2 Å². The second-order valence-electron chi connectivity index (χ2n) is 10.1. The van der Waals surface area contributed by atoms with Crippen LogP contribution in [0, 0.1) is 5.92 Å². The van der Waals surface area contributed by atoms with E-state index in [9.17, 15) is 9.59 Å². The van der Waals surface area contributed by atoms with Crippen LogP contribution in [0.1, 0.15) is 46.6 Å². The lowest BCUT2D eigenvalue weighted by Crippen LogP contribution is -2.49. The lowest BCUT2D eigenvalue weighted by atomic mass is 10.0. The molecule has 1 aliphatic carbocycles. The molecule has 2 amide bonds. The van der Waals surface area contributed by atoms with Crippen LogP contribution in [0.4, 0.5) is 5.69 Å². The molecule has 0 spiro atoms. The van der Waals surface area contributed by atoms with Crippen molar-refractivity contribution in [1.82, 2.24) is 19.6 Å². The third-order valence-electron chi connectivity index (χ3n) is 7.97. The van der Waals surface area contributed by atoms with Gasteiger partial charge in [-0.1, -0.05) is 48.5 Å². The fraction of sp³-hybridized carbons (Fsp3) is 0.414. The SMILES string of the molecule is CCn1nc(C(=O)N2CCN(c3ccccc3)CC2)c2c1CCN(C(=O)[C@@H]1C[C@H]1c1ccccc1)C2. The van der Waals surface area contributed by atoms with Crippen molar-refractivity contribution in [2.75, 3.05) is 37.6 Å². The van der Waals surface area contributed by atoms with Crippen LogP contribution < -0.4 is 4.90 Å². The molecule has 7 nitrogen and oxygen atoms in total. The van der Waals surface area contributed by atoms with E-state index in [-0.39, 0.29) is 17.7 Å². The maximum atomic E-state index is 13.6. The van der Waals surface area contributed by atoms with Gasteiger partial charge in [0.25, 0.3) is 5.91 Å². The topological polar surface area (TPSA) is 61.7 Å². The molecule has 0 radical (unpaired) electrons. The first kappa shape index (κ1) is 22.8. The highest BCUT2D eigenvalue weighted by molar-refractivity contribution is 5.94. The Hall–Kier alpha value is -3.61. The van der Waals surface area contributed by atoms with E-state index in [2.05, 4.69) is 36.1 Å². The number of aromatic nitrogens is 2. The molecule has 2 fully saturated rings. The lowest BCUT2D eigenvalue weighted by molar-refractivity contribution is -0.133. The third kappa shape index (κ3) is 4.16. The Bertz CT molecular complexity index is 1250. The quantitative estimate of drug-likeness (QED) is 0.557. The number of carbonyl (C=O) groups excluding carboxylic acids is 2. The molecule has 7 heteroatoms. The van der Waals surface area contributed by atoms with Crippen LogP contribution >= 0.6 is 0 Å². The highest BCUT2D eigenvalue weighted by Gasteiger charge is 2.46. The molecule has 186 valence electrons. The van der Waals surface area contributed by atoms with E-state index < -0.39 is 0 Å². The van der Waals surface area contributed by atoms with E-state index in [4.69, 9.17) is 5.10 Å². The maximum Gasteiger partial charge on any atom is 0.274 e. The molecule has 0 bridgehead atoms. The molecule has 3 aliphatic rings. The van der Waals surface area contributed by atoms with E-state index in [1.807, 2.05) is 50.9 Å². The number of hydrogen-bond donors (Lipinski definition) is 0. The number of hydrogen-bond acceptors (Lipinski definition) is 4. The third-order valence-corrected chi connectivity index (χ3v) is 7.97. The van der Waals surface area contributed by atoms with Gasteiger partial charge in [-0.15, -0.1) is 0 Å². The molecule has 3 heterocycles. The standard InChI is InChI=1S/C29H33N5O2/c1-2-34-26-13-14-33(28(35)24-19-23(24)21-9-5-3-6-10-21)20-25(26)27(30-34)29(36)32-17-15-31(16-18-32)22-11-7-4-8-12-22/h3-12,23-24H,2,13-20H2,1H3/t23-,24+/m0/s1. The second-order valence-corrected chi connectivity index (χ2v) is 10.1. The summed E-state index contributed by atoms with van der Waals surface area (Å²) in [6, 6.07) is 20.7. The molecule has 36 heavy (non-hydrogen) atoms. The zero-order valence-corrected chi connectivity index (χ0v) is 20.8. The molecule has 1 aromatic heterocycles. The Morgan fingerprint density at radius 2 is 1.58 bits per heavy atom. The largest absolute Gasteiger partial charge is 0.368 e. The first-order valence-electron chi connectivity index (χ1n) is 13.2. The zero-order chi connectivity index (χ0) is 24.6. The number of aryl methyl sites for hydroxylation is 1. The molecule has 1 saturated heterocycles.